The van der Waals surface area contributed by atoms with E-state index in [0.29, 0.717) is 31.1 Å². The first-order valence-electron chi connectivity index (χ1n) is 7.27. The summed E-state index contributed by atoms with van der Waals surface area (Å²) in [5, 5.41) is 0.662. The van der Waals surface area contributed by atoms with Crippen LogP contribution in [0, 0.1) is 0 Å². The lowest BCUT2D eigenvalue weighted by Gasteiger charge is -2.17. The molecule has 1 aromatic carbocycles. The number of hydrogen-bond donors (Lipinski definition) is 0. The predicted molar refractivity (Wildman–Crippen MR) is 80.5 cm³/mol. The molecule has 4 nitrogen and oxygen atoms in total. The van der Waals surface area contributed by atoms with E-state index in [2.05, 4.69) is 0 Å². The molecule has 21 heavy (non-hydrogen) atoms. The molecule has 2 rings (SSSR count). The van der Waals surface area contributed by atoms with Crippen molar-refractivity contribution in [1.29, 1.82) is 0 Å². The Morgan fingerprint density at radius 3 is 2.95 bits per heavy atom. The van der Waals surface area contributed by atoms with E-state index in [1.165, 1.54) is 0 Å². The van der Waals surface area contributed by atoms with Crippen molar-refractivity contribution in [3.8, 4) is 0 Å². The number of halogens is 1. The van der Waals surface area contributed by atoms with Crippen LogP contribution in [0.25, 0.3) is 0 Å². The van der Waals surface area contributed by atoms with Gasteiger partial charge >= 0.3 is 5.97 Å². The molecule has 1 heterocycles. The normalized spacial score (nSPS) is 18.3. The van der Waals surface area contributed by atoms with Gasteiger partial charge in [0.2, 0.25) is 0 Å². The number of rotatable bonds is 8. The molecule has 0 amide bonds. The maximum atomic E-state index is 11.5. The van der Waals surface area contributed by atoms with E-state index in [4.69, 9.17) is 25.8 Å². The first kappa shape index (κ1) is 16.3. The molecule has 1 aromatic rings. The topological polar surface area (TPSA) is 48.1 Å². The molecule has 0 bridgehead atoms. The van der Waals surface area contributed by atoms with E-state index >= 15 is 0 Å². The zero-order chi connectivity index (χ0) is 15.2. The highest BCUT2D eigenvalue weighted by Crippen LogP contribution is 2.26. The second-order valence-electron chi connectivity index (χ2n) is 5.08. The van der Waals surface area contributed by atoms with Crippen LogP contribution < -0.4 is 0 Å². The summed E-state index contributed by atoms with van der Waals surface area (Å²) in [6, 6.07) is 5.70. The van der Waals surface area contributed by atoms with Gasteiger partial charge in [0.05, 0.1) is 25.9 Å². The molecular weight excluding hydrogens is 292 g/mol. The van der Waals surface area contributed by atoms with E-state index in [1.807, 2.05) is 25.1 Å². The van der Waals surface area contributed by atoms with Gasteiger partial charge in [0.25, 0.3) is 0 Å². The first-order chi connectivity index (χ1) is 10.1. The Labute approximate surface area is 130 Å². The molecule has 0 spiro atoms. The fourth-order valence-corrected chi connectivity index (χ4v) is 2.36. The molecule has 5 heteroatoms. The van der Waals surface area contributed by atoms with Crippen molar-refractivity contribution in [1.82, 2.24) is 0 Å². The summed E-state index contributed by atoms with van der Waals surface area (Å²) in [5.41, 5.74) is 2.09. The molecule has 1 aliphatic heterocycles. The average Bonchev–Trinajstić information content (AvgIpc) is 3.27. The highest BCUT2D eigenvalue weighted by atomic mass is 35.5. The van der Waals surface area contributed by atoms with Crippen LogP contribution in [0.3, 0.4) is 0 Å². The van der Waals surface area contributed by atoms with Gasteiger partial charge in [0.15, 0.2) is 0 Å². The van der Waals surface area contributed by atoms with Crippen molar-refractivity contribution in [3.63, 3.8) is 0 Å². The fourth-order valence-electron chi connectivity index (χ4n) is 2.16. The van der Waals surface area contributed by atoms with Crippen molar-refractivity contribution < 1.29 is 19.0 Å². The van der Waals surface area contributed by atoms with Crippen molar-refractivity contribution >= 4 is 17.6 Å². The highest BCUT2D eigenvalue weighted by Gasteiger charge is 2.24. The second-order valence-corrected chi connectivity index (χ2v) is 5.52. The molecule has 0 radical (unpaired) electrons. The standard InChI is InChI=1S/C16H21ClO4/c1-3-19-16(18)7-4-12-8-13(17)5-6-15(12)11(2)20-9-14-10-21-14/h5-6,8,11,14H,3-4,7,9-10H2,1-2H3/t11-,14?/m1/s1. The maximum absolute atomic E-state index is 11.5. The number of carbonyl (C=O) groups is 1. The Kier molecular flexibility index (Phi) is 6.03. The van der Waals surface area contributed by atoms with Crippen molar-refractivity contribution in [2.75, 3.05) is 19.8 Å². The molecule has 0 saturated carbocycles. The summed E-state index contributed by atoms with van der Waals surface area (Å²) in [6.07, 6.45) is 1.13. The Balaban J connectivity index is 1.99. The van der Waals surface area contributed by atoms with E-state index < -0.39 is 0 Å². The summed E-state index contributed by atoms with van der Waals surface area (Å²) in [6.45, 7) is 5.59. The summed E-state index contributed by atoms with van der Waals surface area (Å²) in [7, 11) is 0. The zero-order valence-electron chi connectivity index (χ0n) is 12.4. The third-order valence-electron chi connectivity index (χ3n) is 3.38. The number of ether oxygens (including phenoxy) is 3. The largest absolute Gasteiger partial charge is 0.466 e. The van der Waals surface area contributed by atoms with Gasteiger partial charge in [0.1, 0.15) is 6.10 Å². The lowest BCUT2D eigenvalue weighted by Crippen LogP contribution is -2.10. The van der Waals surface area contributed by atoms with Gasteiger partial charge in [-0.3, -0.25) is 4.79 Å². The minimum absolute atomic E-state index is 0.0522. The Morgan fingerprint density at radius 2 is 2.29 bits per heavy atom. The van der Waals surface area contributed by atoms with Gasteiger partial charge in [-0.2, -0.15) is 0 Å². The number of hydrogen-bond acceptors (Lipinski definition) is 4. The zero-order valence-corrected chi connectivity index (χ0v) is 13.2. The molecule has 1 fully saturated rings. The predicted octanol–water partition coefficient (Wildman–Crippen LogP) is 3.31. The number of aryl methyl sites for hydroxylation is 1. The Hall–Kier alpha value is -1.10. The smallest absolute Gasteiger partial charge is 0.306 e. The van der Waals surface area contributed by atoms with E-state index in [1.54, 1.807) is 6.92 Å². The number of epoxide rings is 1. The Morgan fingerprint density at radius 1 is 1.52 bits per heavy atom. The molecule has 0 N–H and O–H groups in total. The van der Waals surface area contributed by atoms with Crippen LogP contribution >= 0.6 is 11.6 Å². The minimum Gasteiger partial charge on any atom is -0.466 e. The van der Waals surface area contributed by atoms with Crippen LogP contribution in [-0.2, 0) is 25.4 Å². The molecule has 1 aliphatic rings. The lowest BCUT2D eigenvalue weighted by atomic mass is 9.99. The van der Waals surface area contributed by atoms with Gasteiger partial charge < -0.3 is 14.2 Å². The molecular formula is C16H21ClO4. The van der Waals surface area contributed by atoms with Crippen molar-refractivity contribution in [3.05, 3.63) is 34.3 Å². The van der Waals surface area contributed by atoms with Gasteiger partial charge in [0, 0.05) is 11.4 Å². The van der Waals surface area contributed by atoms with Crippen LogP contribution in [0.4, 0.5) is 0 Å². The molecule has 2 atom stereocenters. The highest BCUT2D eigenvalue weighted by molar-refractivity contribution is 6.30. The first-order valence-corrected chi connectivity index (χ1v) is 7.65. The number of benzene rings is 1. The molecule has 1 unspecified atom stereocenters. The van der Waals surface area contributed by atoms with Gasteiger partial charge in [-0.25, -0.2) is 0 Å². The molecule has 1 saturated heterocycles. The summed E-state index contributed by atoms with van der Waals surface area (Å²) >= 11 is 6.06. The summed E-state index contributed by atoms with van der Waals surface area (Å²) in [5.74, 6) is -0.191. The van der Waals surface area contributed by atoms with E-state index in [0.717, 1.165) is 17.7 Å². The molecule has 116 valence electrons. The van der Waals surface area contributed by atoms with E-state index in [9.17, 15) is 4.79 Å². The average molecular weight is 313 g/mol. The van der Waals surface area contributed by atoms with Crippen LogP contribution in [0.2, 0.25) is 5.02 Å². The Bertz CT molecular complexity index is 485. The minimum atomic E-state index is -0.191. The fraction of sp³-hybridized carbons (Fsp3) is 0.562. The summed E-state index contributed by atoms with van der Waals surface area (Å²) in [4.78, 5) is 11.5. The van der Waals surface area contributed by atoms with Crippen LogP contribution in [0.15, 0.2) is 18.2 Å². The third-order valence-corrected chi connectivity index (χ3v) is 3.62. The maximum Gasteiger partial charge on any atom is 0.306 e. The summed E-state index contributed by atoms with van der Waals surface area (Å²) < 4.78 is 15.9. The van der Waals surface area contributed by atoms with Crippen LogP contribution in [-0.4, -0.2) is 31.9 Å². The SMILES string of the molecule is CCOC(=O)CCc1cc(Cl)ccc1[C@@H](C)OCC1CO1. The van der Waals surface area contributed by atoms with E-state index in [-0.39, 0.29) is 18.2 Å². The lowest BCUT2D eigenvalue weighted by molar-refractivity contribution is -0.143. The van der Waals surface area contributed by atoms with Gasteiger partial charge in [-0.05, 0) is 43.5 Å². The van der Waals surface area contributed by atoms with Crippen LogP contribution in [0.5, 0.6) is 0 Å². The second kappa shape index (κ2) is 7.78. The number of esters is 1. The molecule has 0 aliphatic carbocycles. The van der Waals surface area contributed by atoms with Crippen molar-refractivity contribution in [2.24, 2.45) is 0 Å². The quantitative estimate of drug-likeness (QED) is 0.546. The van der Waals surface area contributed by atoms with Crippen LogP contribution in [0.1, 0.15) is 37.5 Å². The number of carbonyl (C=O) groups excluding carboxylic acids is 1. The van der Waals surface area contributed by atoms with Crippen molar-refractivity contribution in [2.45, 2.75) is 38.9 Å². The monoisotopic (exact) mass is 312 g/mol. The molecule has 0 aromatic heterocycles. The van der Waals surface area contributed by atoms with Gasteiger partial charge in [-0.1, -0.05) is 17.7 Å². The third kappa shape index (κ3) is 5.30. The van der Waals surface area contributed by atoms with Gasteiger partial charge in [-0.15, -0.1) is 0 Å².